The summed E-state index contributed by atoms with van der Waals surface area (Å²) in [4.78, 5) is 5.95. The highest BCUT2D eigenvalue weighted by atomic mass is 16.5. The predicted molar refractivity (Wildman–Crippen MR) is 94.2 cm³/mol. The molecule has 5 rings (SSSR count). The van der Waals surface area contributed by atoms with Gasteiger partial charge in [0.1, 0.15) is 17.9 Å². The second kappa shape index (κ2) is 6.19. The van der Waals surface area contributed by atoms with E-state index >= 15 is 0 Å². The van der Waals surface area contributed by atoms with Gasteiger partial charge in [-0.15, -0.1) is 6.58 Å². The van der Waals surface area contributed by atoms with E-state index in [9.17, 15) is 5.11 Å². The fraction of sp³-hybridized carbons (Fsp3) is 0.450. The van der Waals surface area contributed by atoms with Crippen LogP contribution in [0.3, 0.4) is 0 Å². The first-order valence-electron chi connectivity index (χ1n) is 8.79. The molecule has 3 fully saturated rings. The summed E-state index contributed by atoms with van der Waals surface area (Å²) in [6.07, 6.45) is 5.76. The van der Waals surface area contributed by atoms with Crippen LogP contribution in [0.2, 0.25) is 0 Å². The van der Waals surface area contributed by atoms with Gasteiger partial charge < -0.3 is 14.7 Å². The van der Waals surface area contributed by atoms with Gasteiger partial charge in [0.25, 0.3) is 0 Å². The van der Waals surface area contributed by atoms with E-state index in [1.807, 2.05) is 24.3 Å². The maximum atomic E-state index is 11.2. The summed E-state index contributed by atoms with van der Waals surface area (Å²) in [7, 11) is 1.67. The molecule has 0 aliphatic carbocycles. The van der Waals surface area contributed by atoms with Crippen LogP contribution >= 0.6 is 0 Å². The molecule has 24 heavy (non-hydrogen) atoms. The van der Waals surface area contributed by atoms with E-state index in [1.165, 1.54) is 11.3 Å². The van der Waals surface area contributed by atoms with Crippen LogP contribution in [-0.2, 0) is 0 Å². The molecular formula is C20H25N2O2+. The molecular weight excluding hydrogens is 300 g/mol. The van der Waals surface area contributed by atoms with Crippen molar-refractivity contribution in [2.45, 2.75) is 25.0 Å². The molecule has 0 saturated carbocycles. The number of quaternary nitrogens is 1. The van der Waals surface area contributed by atoms with Crippen molar-refractivity contribution in [3.63, 3.8) is 0 Å². The molecule has 2 aromatic rings. The maximum Gasteiger partial charge on any atom is 0.131 e. The zero-order chi connectivity index (χ0) is 16.7. The number of aliphatic hydroxyl groups is 1. The molecule has 126 valence electrons. The van der Waals surface area contributed by atoms with E-state index < -0.39 is 6.10 Å². The van der Waals surface area contributed by atoms with Crippen LogP contribution in [0.5, 0.6) is 5.75 Å². The van der Waals surface area contributed by atoms with E-state index in [2.05, 4.69) is 17.6 Å². The monoisotopic (exact) mass is 325 g/mol. The lowest BCUT2D eigenvalue weighted by Crippen LogP contribution is -3.20. The van der Waals surface area contributed by atoms with Gasteiger partial charge in [-0.3, -0.25) is 4.98 Å². The van der Waals surface area contributed by atoms with Crippen LogP contribution in [0.15, 0.2) is 43.1 Å². The first kappa shape index (κ1) is 15.6. The fourth-order valence-electron chi connectivity index (χ4n) is 4.65. The van der Waals surface area contributed by atoms with Crippen molar-refractivity contribution < 1.29 is 14.7 Å². The van der Waals surface area contributed by atoms with Crippen LogP contribution in [0.1, 0.15) is 24.5 Å². The summed E-state index contributed by atoms with van der Waals surface area (Å²) < 4.78 is 5.35. The number of nitrogens with one attached hydrogen (secondary N) is 1. The van der Waals surface area contributed by atoms with Crippen molar-refractivity contribution in [1.29, 1.82) is 0 Å². The Balaban J connectivity index is 1.69. The number of piperidine rings is 3. The second-order valence-electron chi connectivity index (χ2n) is 7.13. The number of hydrogen-bond donors (Lipinski definition) is 2. The molecule has 2 N–H and O–H groups in total. The summed E-state index contributed by atoms with van der Waals surface area (Å²) in [5, 5.41) is 12.2. The van der Waals surface area contributed by atoms with Gasteiger partial charge in [-0.05, 0) is 35.7 Å². The Hall–Kier alpha value is -1.91. The topological polar surface area (TPSA) is 46.8 Å². The molecule has 3 aliphatic rings. The minimum absolute atomic E-state index is 0.261. The summed E-state index contributed by atoms with van der Waals surface area (Å²) in [6.45, 7) is 6.25. The van der Waals surface area contributed by atoms with Crippen LogP contribution in [0.4, 0.5) is 0 Å². The highest BCUT2D eigenvalue weighted by Crippen LogP contribution is 2.34. The molecule has 4 heterocycles. The second-order valence-corrected chi connectivity index (χ2v) is 7.13. The summed E-state index contributed by atoms with van der Waals surface area (Å²) in [5.74, 6) is 2.07. The molecule has 1 aromatic carbocycles. The zero-order valence-electron chi connectivity index (χ0n) is 14.1. The Kier molecular flexibility index (Phi) is 4.02. The van der Waals surface area contributed by atoms with E-state index in [0.29, 0.717) is 11.8 Å². The number of ether oxygens (including phenoxy) is 1. The van der Waals surface area contributed by atoms with Gasteiger partial charge in [-0.1, -0.05) is 6.08 Å². The van der Waals surface area contributed by atoms with Crippen LogP contribution < -0.4 is 9.64 Å². The molecule has 0 radical (unpaired) electrons. The van der Waals surface area contributed by atoms with Crippen molar-refractivity contribution in [2.24, 2.45) is 11.8 Å². The van der Waals surface area contributed by atoms with Gasteiger partial charge in [0.2, 0.25) is 0 Å². The van der Waals surface area contributed by atoms with Gasteiger partial charge >= 0.3 is 0 Å². The highest BCUT2D eigenvalue weighted by Gasteiger charge is 2.45. The lowest BCUT2D eigenvalue weighted by atomic mass is 9.73. The number of nitrogens with zero attached hydrogens (tertiary/aromatic N) is 1. The number of methoxy groups -OCH3 is 1. The van der Waals surface area contributed by atoms with Crippen molar-refractivity contribution >= 4 is 10.9 Å². The minimum atomic E-state index is -0.467. The minimum Gasteiger partial charge on any atom is -0.497 e. The van der Waals surface area contributed by atoms with Crippen molar-refractivity contribution in [2.75, 3.05) is 20.2 Å². The van der Waals surface area contributed by atoms with Gasteiger partial charge in [-0.2, -0.15) is 0 Å². The number of aromatic nitrogens is 1. The number of aliphatic hydroxyl groups excluding tert-OH is 1. The quantitative estimate of drug-likeness (QED) is 0.842. The Morgan fingerprint density at radius 1 is 1.42 bits per heavy atom. The molecule has 4 heteroatoms. The maximum absolute atomic E-state index is 11.2. The van der Waals surface area contributed by atoms with Gasteiger partial charge in [0.05, 0.1) is 25.7 Å². The largest absolute Gasteiger partial charge is 0.497 e. The van der Waals surface area contributed by atoms with E-state index in [1.54, 1.807) is 13.3 Å². The molecule has 3 aliphatic heterocycles. The first-order chi connectivity index (χ1) is 11.7. The van der Waals surface area contributed by atoms with E-state index in [0.717, 1.165) is 41.7 Å². The Bertz CT molecular complexity index is 760. The normalized spacial score (nSPS) is 30.2. The number of rotatable bonds is 4. The molecule has 0 spiro atoms. The van der Waals surface area contributed by atoms with Crippen LogP contribution in [0, 0.1) is 11.8 Å². The Labute approximate surface area is 142 Å². The number of fused-ring (bicyclic) bond motifs is 4. The molecule has 1 aromatic heterocycles. The lowest BCUT2D eigenvalue weighted by molar-refractivity contribution is -0.949. The lowest BCUT2D eigenvalue weighted by Gasteiger charge is -2.47. The first-order valence-corrected chi connectivity index (χ1v) is 8.79. The summed E-state index contributed by atoms with van der Waals surface area (Å²) in [5.41, 5.74) is 1.88. The molecule has 4 nitrogen and oxygen atoms in total. The third kappa shape index (κ3) is 2.50. The third-order valence-corrected chi connectivity index (χ3v) is 6.01. The third-order valence-electron chi connectivity index (χ3n) is 6.01. The number of pyridine rings is 1. The number of hydrogen-bond acceptors (Lipinski definition) is 3. The SMILES string of the molecule is C=C[C@@H]1C[NH+]2CC[C@H]1C[C@H]2[C@H](O)c1ccnc2ccc(OC)cc12. The molecule has 1 unspecified atom stereocenters. The van der Waals surface area contributed by atoms with Gasteiger partial charge in [0.15, 0.2) is 0 Å². The molecule has 3 saturated heterocycles. The summed E-state index contributed by atoms with van der Waals surface area (Å²) in [6, 6.07) is 8.08. The van der Waals surface area contributed by atoms with Crippen LogP contribution in [0.25, 0.3) is 10.9 Å². The zero-order valence-corrected chi connectivity index (χ0v) is 14.1. The molecule has 2 bridgehead atoms. The van der Waals surface area contributed by atoms with E-state index in [-0.39, 0.29) is 6.04 Å². The van der Waals surface area contributed by atoms with Crippen LogP contribution in [-0.4, -0.2) is 36.3 Å². The average molecular weight is 325 g/mol. The van der Waals surface area contributed by atoms with Crippen molar-refractivity contribution in [3.05, 3.63) is 48.7 Å². The predicted octanol–water partition coefficient (Wildman–Crippen LogP) is 1.76. The average Bonchev–Trinajstić information content (AvgIpc) is 2.66. The molecule has 0 amide bonds. The summed E-state index contributed by atoms with van der Waals surface area (Å²) >= 11 is 0. The standard InChI is InChI=1S/C20H24N2O2/c1-3-13-12-22-9-7-14(13)10-19(22)20(23)16-6-8-21-18-5-4-15(24-2)11-17(16)18/h3-6,8,11,13-14,19-20,23H,1,7,9-10,12H2,2H3/p+1/t13-,14+,19+,20-/m1/s1. The highest BCUT2D eigenvalue weighted by molar-refractivity contribution is 5.83. The fourth-order valence-corrected chi connectivity index (χ4v) is 4.65. The van der Waals surface area contributed by atoms with Gasteiger partial charge in [0, 0.05) is 30.3 Å². The van der Waals surface area contributed by atoms with E-state index in [4.69, 9.17) is 4.74 Å². The van der Waals surface area contributed by atoms with Crippen molar-refractivity contribution in [3.8, 4) is 5.75 Å². The van der Waals surface area contributed by atoms with Crippen molar-refractivity contribution in [1.82, 2.24) is 4.98 Å². The Morgan fingerprint density at radius 3 is 3.00 bits per heavy atom. The Morgan fingerprint density at radius 2 is 2.29 bits per heavy atom. The number of benzene rings is 1. The van der Waals surface area contributed by atoms with Gasteiger partial charge in [-0.25, -0.2) is 0 Å². The molecule has 5 atom stereocenters. The smallest absolute Gasteiger partial charge is 0.131 e.